The lowest BCUT2D eigenvalue weighted by atomic mass is 10.1. The van der Waals surface area contributed by atoms with Crippen molar-refractivity contribution in [2.24, 2.45) is 0 Å². The number of rotatable bonds is 7. The molecular weight excluding hydrogens is 839 g/mol. The SMILES string of the molecule is CC(=O)OCC(OC(C)=O)C(=O)Nc1c(I)c2c(I)c(c1I)CC(=O)OC2.CC(=O)OCc1ccccc1. The third kappa shape index (κ3) is 9.94. The summed E-state index contributed by atoms with van der Waals surface area (Å²) in [5, 5.41) is 2.73. The minimum atomic E-state index is -1.29. The highest BCUT2D eigenvalue weighted by Gasteiger charge is 2.29. The summed E-state index contributed by atoms with van der Waals surface area (Å²) in [6, 6.07) is 9.60. The van der Waals surface area contributed by atoms with Crippen LogP contribution in [0.1, 0.15) is 37.5 Å². The summed E-state index contributed by atoms with van der Waals surface area (Å²) < 4.78 is 22.1. The number of fused-ring (bicyclic) bond motifs is 2. The molecule has 0 radical (unpaired) electrons. The first-order valence-corrected chi connectivity index (χ1v) is 14.3. The average molecular weight is 863 g/mol. The molecule has 2 bridgehead atoms. The van der Waals surface area contributed by atoms with Gasteiger partial charge < -0.3 is 24.3 Å². The Balaban J connectivity index is 0.000000384. The highest BCUT2D eigenvalue weighted by Crippen LogP contribution is 2.38. The Hall–Kier alpha value is -2.02. The summed E-state index contributed by atoms with van der Waals surface area (Å²) in [5.41, 5.74) is 3.10. The molecule has 13 heteroatoms. The summed E-state index contributed by atoms with van der Waals surface area (Å²) in [6.45, 7) is 3.86. The lowest BCUT2D eigenvalue weighted by molar-refractivity contribution is -0.160. The number of hydrogen-bond donors (Lipinski definition) is 1. The van der Waals surface area contributed by atoms with Gasteiger partial charge in [0, 0.05) is 37.0 Å². The molecule has 0 aromatic heterocycles. The third-order valence-corrected chi connectivity index (χ3v) is 8.45. The molecule has 10 nitrogen and oxygen atoms in total. The van der Waals surface area contributed by atoms with E-state index in [-0.39, 0.29) is 31.6 Å². The standard InChI is InChI=1S/C16H14I3NO7.C9H10O2/c1-6(21)25-5-10(27-7(2)22)16(24)20-15-13(18)8-3-11(23)26-4-9(12(8)17)14(15)19;1-8(10)11-7-9-5-3-2-4-6-9/h10H,3-5H2,1-2H3,(H,20,24);2-6H,7H2,1H3. The number of cyclic esters (lactones) is 1. The van der Waals surface area contributed by atoms with Crippen molar-refractivity contribution in [3.05, 3.63) is 57.7 Å². The quantitative estimate of drug-likeness (QED) is 0.246. The van der Waals surface area contributed by atoms with Gasteiger partial charge in [0.25, 0.3) is 5.91 Å². The molecule has 0 saturated carbocycles. The van der Waals surface area contributed by atoms with Gasteiger partial charge in [0.2, 0.25) is 6.10 Å². The molecule has 1 N–H and O–H groups in total. The molecule has 3 rings (SSSR count). The lowest BCUT2D eigenvalue weighted by Crippen LogP contribution is -2.37. The van der Waals surface area contributed by atoms with Crippen molar-refractivity contribution in [1.29, 1.82) is 0 Å². The van der Waals surface area contributed by atoms with Crippen LogP contribution in [0.3, 0.4) is 0 Å². The second-order valence-electron chi connectivity index (χ2n) is 7.77. The van der Waals surface area contributed by atoms with Gasteiger partial charge in [-0.05, 0) is 78.9 Å². The van der Waals surface area contributed by atoms with Crippen LogP contribution < -0.4 is 5.32 Å². The fourth-order valence-electron chi connectivity index (χ4n) is 3.03. The molecule has 204 valence electrons. The van der Waals surface area contributed by atoms with Crippen molar-refractivity contribution in [2.45, 2.75) is 46.5 Å². The number of hydrogen-bond acceptors (Lipinski definition) is 9. The van der Waals surface area contributed by atoms with Gasteiger partial charge >= 0.3 is 23.9 Å². The Labute approximate surface area is 260 Å². The van der Waals surface area contributed by atoms with E-state index in [0.29, 0.717) is 15.9 Å². The molecule has 0 saturated heterocycles. The smallest absolute Gasteiger partial charge is 0.310 e. The van der Waals surface area contributed by atoms with Gasteiger partial charge in [0.1, 0.15) is 19.8 Å². The van der Waals surface area contributed by atoms with Crippen LogP contribution in [0.5, 0.6) is 0 Å². The van der Waals surface area contributed by atoms with E-state index in [1.54, 1.807) is 0 Å². The molecule has 0 aliphatic carbocycles. The van der Waals surface area contributed by atoms with E-state index < -0.39 is 23.9 Å². The van der Waals surface area contributed by atoms with Crippen molar-refractivity contribution in [1.82, 2.24) is 0 Å². The highest BCUT2D eigenvalue weighted by atomic mass is 127. The van der Waals surface area contributed by atoms with Crippen molar-refractivity contribution >= 4 is 103 Å². The minimum Gasteiger partial charge on any atom is -0.461 e. The third-order valence-electron chi connectivity index (χ3n) is 4.77. The van der Waals surface area contributed by atoms with Gasteiger partial charge in [-0.3, -0.25) is 24.0 Å². The number of esters is 4. The molecular formula is C25H24I3NO9. The predicted molar refractivity (Wildman–Crippen MR) is 161 cm³/mol. The Morgan fingerprint density at radius 3 is 2.08 bits per heavy atom. The number of halogens is 3. The van der Waals surface area contributed by atoms with Crippen LogP contribution in [0.2, 0.25) is 0 Å². The predicted octanol–water partition coefficient (Wildman–Crippen LogP) is 4.28. The second kappa shape index (κ2) is 15.5. The number of ether oxygens (including phenoxy) is 4. The zero-order chi connectivity index (χ0) is 28.4. The Morgan fingerprint density at radius 2 is 1.50 bits per heavy atom. The molecule has 1 aliphatic rings. The van der Waals surface area contributed by atoms with E-state index in [1.165, 1.54) is 13.8 Å². The fourth-order valence-corrected chi connectivity index (χ4v) is 7.16. The topological polar surface area (TPSA) is 134 Å². The Bertz CT molecular complexity index is 1220. The molecule has 2 aromatic rings. The number of nitrogens with one attached hydrogen (secondary N) is 1. The number of amides is 1. The average Bonchev–Trinajstić information content (AvgIpc) is 2.98. The fraction of sp³-hybridized carbons (Fsp3) is 0.320. The van der Waals surface area contributed by atoms with Crippen LogP contribution in [0.15, 0.2) is 30.3 Å². The van der Waals surface area contributed by atoms with Crippen molar-refractivity contribution in [3.63, 3.8) is 0 Å². The van der Waals surface area contributed by atoms with Gasteiger partial charge in [0.05, 0.1) is 12.1 Å². The van der Waals surface area contributed by atoms with Gasteiger partial charge in [-0.25, -0.2) is 0 Å². The van der Waals surface area contributed by atoms with Crippen LogP contribution in [-0.2, 0) is 62.6 Å². The number of carbonyl (C=O) groups excluding carboxylic acids is 5. The maximum Gasteiger partial charge on any atom is 0.310 e. The van der Waals surface area contributed by atoms with Crippen LogP contribution in [0.25, 0.3) is 0 Å². The molecule has 1 atom stereocenters. The monoisotopic (exact) mass is 863 g/mol. The Kier molecular flexibility index (Phi) is 13.2. The molecule has 1 unspecified atom stereocenters. The van der Waals surface area contributed by atoms with Crippen LogP contribution >= 0.6 is 67.8 Å². The summed E-state index contributed by atoms with van der Waals surface area (Å²) in [7, 11) is 0. The maximum absolute atomic E-state index is 12.6. The molecule has 2 aromatic carbocycles. The number of benzene rings is 2. The molecule has 1 heterocycles. The van der Waals surface area contributed by atoms with Crippen LogP contribution in [0.4, 0.5) is 5.69 Å². The summed E-state index contributed by atoms with van der Waals surface area (Å²) in [6.07, 6.45) is -1.18. The summed E-state index contributed by atoms with van der Waals surface area (Å²) in [4.78, 5) is 57.2. The van der Waals surface area contributed by atoms with Crippen molar-refractivity contribution in [2.75, 3.05) is 11.9 Å². The zero-order valence-electron chi connectivity index (χ0n) is 20.6. The first-order valence-electron chi connectivity index (χ1n) is 11.0. The zero-order valence-corrected chi connectivity index (χ0v) is 27.1. The van der Waals surface area contributed by atoms with Crippen molar-refractivity contribution in [3.8, 4) is 0 Å². The molecule has 38 heavy (non-hydrogen) atoms. The lowest BCUT2D eigenvalue weighted by Gasteiger charge is -2.20. The second-order valence-corrected chi connectivity index (χ2v) is 11.0. The molecule has 0 fully saturated rings. The summed E-state index contributed by atoms with van der Waals surface area (Å²) in [5.74, 6) is -2.48. The molecule has 0 spiro atoms. The van der Waals surface area contributed by atoms with Gasteiger partial charge in [-0.1, -0.05) is 30.3 Å². The van der Waals surface area contributed by atoms with Gasteiger partial charge in [0.15, 0.2) is 0 Å². The van der Waals surface area contributed by atoms with E-state index in [1.807, 2.05) is 30.3 Å². The maximum atomic E-state index is 12.6. The first-order chi connectivity index (χ1) is 17.9. The van der Waals surface area contributed by atoms with Crippen molar-refractivity contribution < 1.29 is 42.9 Å². The first kappa shape index (κ1) is 32.2. The van der Waals surface area contributed by atoms with E-state index in [0.717, 1.165) is 30.8 Å². The van der Waals surface area contributed by atoms with E-state index in [9.17, 15) is 24.0 Å². The van der Waals surface area contributed by atoms with E-state index in [4.69, 9.17) is 18.9 Å². The number of carbonyl (C=O) groups is 5. The number of anilines is 1. The van der Waals surface area contributed by atoms with Crippen LogP contribution in [-0.4, -0.2) is 42.5 Å². The normalized spacial score (nSPS) is 12.5. The molecule has 1 amide bonds. The van der Waals surface area contributed by atoms with Gasteiger partial charge in [-0.2, -0.15) is 0 Å². The largest absolute Gasteiger partial charge is 0.461 e. The summed E-state index contributed by atoms with van der Waals surface area (Å²) >= 11 is 6.29. The highest BCUT2D eigenvalue weighted by molar-refractivity contribution is 14.1. The van der Waals surface area contributed by atoms with E-state index in [2.05, 4.69) is 73.1 Å². The van der Waals surface area contributed by atoms with Crippen LogP contribution in [0, 0.1) is 10.7 Å². The van der Waals surface area contributed by atoms with Gasteiger partial charge in [-0.15, -0.1) is 0 Å². The molecule has 1 aliphatic heterocycles. The minimum absolute atomic E-state index is 0.101. The Morgan fingerprint density at radius 1 is 0.895 bits per heavy atom. The van der Waals surface area contributed by atoms with E-state index >= 15 is 0 Å².